The van der Waals surface area contributed by atoms with Crippen molar-refractivity contribution in [3.8, 4) is 5.69 Å². The first kappa shape index (κ1) is 13.2. The Labute approximate surface area is 111 Å². The summed E-state index contributed by atoms with van der Waals surface area (Å²) in [6.45, 7) is 7.60. The lowest BCUT2D eigenvalue weighted by Gasteiger charge is -2.11. The molecule has 2 rings (SSSR count). The Balaban J connectivity index is 2.63. The van der Waals surface area contributed by atoms with Crippen molar-refractivity contribution < 1.29 is 9.90 Å². The van der Waals surface area contributed by atoms with E-state index in [4.69, 9.17) is 0 Å². The molecule has 6 nitrogen and oxygen atoms in total. The quantitative estimate of drug-likeness (QED) is 0.914. The van der Waals surface area contributed by atoms with E-state index in [0.29, 0.717) is 11.5 Å². The van der Waals surface area contributed by atoms with Crippen molar-refractivity contribution in [2.75, 3.05) is 0 Å². The number of carbonyl (C=O) groups is 1. The highest BCUT2D eigenvalue weighted by atomic mass is 16.4. The molecule has 0 aliphatic heterocycles. The molecule has 0 atom stereocenters. The fourth-order valence-corrected chi connectivity index (χ4v) is 1.74. The highest BCUT2D eigenvalue weighted by molar-refractivity contribution is 5.89. The van der Waals surface area contributed by atoms with Gasteiger partial charge in [-0.2, -0.15) is 0 Å². The summed E-state index contributed by atoms with van der Waals surface area (Å²) in [5.74, 6) is -0.460. The summed E-state index contributed by atoms with van der Waals surface area (Å²) in [7, 11) is 0. The van der Waals surface area contributed by atoms with Crippen LogP contribution in [0.25, 0.3) is 5.69 Å². The molecule has 6 heteroatoms. The molecule has 2 aromatic heterocycles. The number of aromatic carboxylic acids is 1. The molecule has 0 saturated heterocycles. The molecule has 0 radical (unpaired) electrons. The molecule has 0 aliphatic rings. The van der Waals surface area contributed by atoms with Crippen LogP contribution in [0.3, 0.4) is 0 Å². The Hall–Kier alpha value is -2.24. The van der Waals surface area contributed by atoms with Crippen LogP contribution < -0.4 is 0 Å². The van der Waals surface area contributed by atoms with Gasteiger partial charge in [0.2, 0.25) is 0 Å². The molecule has 0 fully saturated rings. The minimum absolute atomic E-state index is 0.000741. The molecule has 0 aliphatic carbocycles. The molecule has 19 heavy (non-hydrogen) atoms. The van der Waals surface area contributed by atoms with E-state index >= 15 is 0 Å². The van der Waals surface area contributed by atoms with Crippen LogP contribution in [0.2, 0.25) is 0 Å². The Bertz CT molecular complexity index is 632. The first-order chi connectivity index (χ1) is 8.91. The fourth-order valence-electron chi connectivity index (χ4n) is 1.74. The zero-order chi connectivity index (χ0) is 14.2. The van der Waals surface area contributed by atoms with Gasteiger partial charge in [-0.3, -0.25) is 4.57 Å². The van der Waals surface area contributed by atoms with Gasteiger partial charge in [0.05, 0.1) is 23.9 Å². The van der Waals surface area contributed by atoms with Crippen molar-refractivity contribution >= 4 is 5.97 Å². The second kappa shape index (κ2) is 4.79. The molecule has 0 bridgehead atoms. The molecule has 100 valence electrons. The summed E-state index contributed by atoms with van der Waals surface area (Å²) in [4.78, 5) is 23.9. The first-order valence-electron chi connectivity index (χ1n) is 6.03. The van der Waals surface area contributed by atoms with Gasteiger partial charge in [-0.05, 0) is 13.8 Å². The van der Waals surface area contributed by atoms with Crippen molar-refractivity contribution in [3.63, 3.8) is 0 Å². The molecule has 2 heterocycles. The van der Waals surface area contributed by atoms with Gasteiger partial charge in [-0.1, -0.05) is 13.8 Å². The number of hydrogen-bond acceptors (Lipinski definition) is 4. The Kier molecular flexibility index (Phi) is 3.33. The molecule has 1 N–H and O–H groups in total. The van der Waals surface area contributed by atoms with E-state index in [-0.39, 0.29) is 11.6 Å². The molecule has 0 aromatic carbocycles. The molecule has 2 aromatic rings. The van der Waals surface area contributed by atoms with Gasteiger partial charge >= 0.3 is 5.97 Å². The third-order valence-electron chi connectivity index (χ3n) is 3.02. The Morgan fingerprint density at radius 2 is 2.00 bits per heavy atom. The summed E-state index contributed by atoms with van der Waals surface area (Å²) >= 11 is 0. The number of nitrogens with zero attached hydrogens (tertiary/aromatic N) is 4. The van der Waals surface area contributed by atoms with Gasteiger partial charge in [0.25, 0.3) is 0 Å². The summed E-state index contributed by atoms with van der Waals surface area (Å²) < 4.78 is 1.70. The van der Waals surface area contributed by atoms with E-state index in [1.165, 1.54) is 0 Å². The minimum Gasteiger partial charge on any atom is -0.476 e. The first-order valence-corrected chi connectivity index (χ1v) is 6.03. The third kappa shape index (κ3) is 2.33. The van der Waals surface area contributed by atoms with Crippen molar-refractivity contribution in [1.82, 2.24) is 19.5 Å². The van der Waals surface area contributed by atoms with Gasteiger partial charge in [-0.25, -0.2) is 19.7 Å². The number of aryl methyl sites for hydroxylation is 1. The number of hydrogen-bond donors (Lipinski definition) is 1. The lowest BCUT2D eigenvalue weighted by Crippen LogP contribution is -2.12. The molecular formula is C13H16N4O2. The van der Waals surface area contributed by atoms with Crippen LogP contribution in [0.4, 0.5) is 0 Å². The van der Waals surface area contributed by atoms with E-state index in [2.05, 4.69) is 15.0 Å². The number of carboxylic acid groups (broad SMARTS) is 1. The highest BCUT2D eigenvalue weighted by Gasteiger charge is 2.18. The maximum Gasteiger partial charge on any atom is 0.356 e. The highest BCUT2D eigenvalue weighted by Crippen LogP contribution is 2.18. The average molecular weight is 260 g/mol. The Morgan fingerprint density at radius 1 is 1.32 bits per heavy atom. The maximum atomic E-state index is 11.4. The average Bonchev–Trinajstić information content (AvgIpc) is 2.69. The number of carboxylic acids is 1. The molecule has 0 amide bonds. The molecule has 0 saturated carbocycles. The van der Waals surface area contributed by atoms with E-state index < -0.39 is 5.97 Å². The van der Waals surface area contributed by atoms with Crippen molar-refractivity contribution in [2.45, 2.75) is 33.6 Å². The minimum atomic E-state index is -1.06. The maximum absolute atomic E-state index is 11.4. The van der Waals surface area contributed by atoms with E-state index in [9.17, 15) is 9.90 Å². The number of rotatable bonds is 3. The normalized spacial score (nSPS) is 11.0. The summed E-state index contributed by atoms with van der Waals surface area (Å²) in [5, 5.41) is 9.31. The largest absolute Gasteiger partial charge is 0.476 e. The van der Waals surface area contributed by atoms with Crippen LogP contribution in [0.15, 0.2) is 12.5 Å². The molecule has 0 spiro atoms. The summed E-state index contributed by atoms with van der Waals surface area (Å²) in [6, 6.07) is 0. The van der Waals surface area contributed by atoms with E-state index in [0.717, 1.165) is 11.4 Å². The van der Waals surface area contributed by atoms with Crippen molar-refractivity contribution in [2.24, 2.45) is 0 Å². The Morgan fingerprint density at radius 3 is 2.47 bits per heavy atom. The topological polar surface area (TPSA) is 80.9 Å². The van der Waals surface area contributed by atoms with Crippen molar-refractivity contribution in [3.05, 3.63) is 35.4 Å². The predicted octanol–water partition coefficient (Wildman–Crippen LogP) is 2.10. The van der Waals surface area contributed by atoms with Gasteiger partial charge in [0.15, 0.2) is 5.69 Å². The van der Waals surface area contributed by atoms with Crippen LogP contribution >= 0.6 is 0 Å². The van der Waals surface area contributed by atoms with Crippen LogP contribution in [-0.2, 0) is 0 Å². The van der Waals surface area contributed by atoms with Crippen LogP contribution in [0, 0.1) is 13.8 Å². The van der Waals surface area contributed by atoms with E-state index in [1.54, 1.807) is 17.1 Å². The third-order valence-corrected chi connectivity index (χ3v) is 3.02. The van der Waals surface area contributed by atoms with Crippen LogP contribution in [0.1, 0.15) is 47.5 Å². The summed E-state index contributed by atoms with van der Waals surface area (Å²) in [6.07, 6.45) is 3.13. The van der Waals surface area contributed by atoms with Gasteiger partial charge in [-0.15, -0.1) is 0 Å². The smallest absolute Gasteiger partial charge is 0.356 e. The van der Waals surface area contributed by atoms with Gasteiger partial charge < -0.3 is 5.11 Å². The molecular weight excluding hydrogens is 244 g/mol. The molecule has 0 unspecified atom stereocenters. The predicted molar refractivity (Wildman–Crippen MR) is 69.7 cm³/mol. The number of aromatic nitrogens is 4. The van der Waals surface area contributed by atoms with Gasteiger partial charge in [0.1, 0.15) is 5.82 Å². The lowest BCUT2D eigenvalue weighted by molar-refractivity contribution is 0.0690. The van der Waals surface area contributed by atoms with Crippen LogP contribution in [0.5, 0.6) is 0 Å². The SMILES string of the molecule is Cc1ncn(-c2cnc(C(C)C)nc2C(=O)O)c1C. The van der Waals surface area contributed by atoms with Crippen LogP contribution in [-0.4, -0.2) is 30.6 Å². The lowest BCUT2D eigenvalue weighted by atomic mass is 10.2. The van der Waals surface area contributed by atoms with Gasteiger partial charge in [0, 0.05) is 11.6 Å². The van der Waals surface area contributed by atoms with Crippen molar-refractivity contribution in [1.29, 1.82) is 0 Å². The zero-order valence-corrected chi connectivity index (χ0v) is 11.4. The van der Waals surface area contributed by atoms with E-state index in [1.807, 2.05) is 27.7 Å². The second-order valence-corrected chi connectivity index (χ2v) is 4.71. The summed E-state index contributed by atoms with van der Waals surface area (Å²) in [5.41, 5.74) is 2.17. The fraction of sp³-hybridized carbons (Fsp3) is 0.385. The number of imidazole rings is 1. The standard InChI is InChI=1S/C13H16N4O2/c1-7(2)12-14-5-10(11(16-12)13(18)19)17-6-15-8(3)9(17)4/h5-7H,1-4H3,(H,18,19). The monoisotopic (exact) mass is 260 g/mol. The second-order valence-electron chi connectivity index (χ2n) is 4.71. The zero-order valence-electron chi connectivity index (χ0n) is 11.4.